The predicted octanol–water partition coefficient (Wildman–Crippen LogP) is 23.2. The molecule has 0 rings (SSSR count). The number of unbranched alkanes of at least 4 members (excludes halogenated alkanes) is 46. The third-order valence-electron chi connectivity index (χ3n) is 15.4. The first-order valence-corrected chi connectivity index (χ1v) is 34.0. The highest BCUT2D eigenvalue weighted by atomic mass is 16.6. The quantitative estimate of drug-likeness (QED) is 0.0261. The molecule has 6 nitrogen and oxygen atoms in total. The Balaban J connectivity index is 4.21. The van der Waals surface area contributed by atoms with Crippen LogP contribution in [0.25, 0.3) is 0 Å². The maximum absolute atomic E-state index is 12.9. The lowest BCUT2D eigenvalue weighted by molar-refractivity contribution is -0.167. The highest BCUT2D eigenvalue weighted by molar-refractivity contribution is 5.71. The van der Waals surface area contributed by atoms with Crippen LogP contribution in [0.15, 0.2) is 36.5 Å². The van der Waals surface area contributed by atoms with Crippen LogP contribution in [0.5, 0.6) is 0 Å². The molecular formula is C70H130O6. The Bertz CT molecular complexity index is 1270. The summed E-state index contributed by atoms with van der Waals surface area (Å²) in [7, 11) is 0. The molecule has 0 amide bonds. The van der Waals surface area contributed by atoms with E-state index >= 15 is 0 Å². The van der Waals surface area contributed by atoms with Gasteiger partial charge in [0, 0.05) is 19.3 Å². The molecule has 0 aromatic carbocycles. The van der Waals surface area contributed by atoms with Gasteiger partial charge in [-0.15, -0.1) is 0 Å². The van der Waals surface area contributed by atoms with Gasteiger partial charge in [0.05, 0.1) is 0 Å². The molecule has 0 radical (unpaired) electrons. The van der Waals surface area contributed by atoms with E-state index in [2.05, 4.69) is 57.2 Å². The van der Waals surface area contributed by atoms with E-state index in [1.807, 2.05) is 0 Å². The molecule has 6 heteroatoms. The van der Waals surface area contributed by atoms with Crippen LogP contribution in [0, 0.1) is 0 Å². The standard InChI is InChI=1S/C70H130O6/c1-4-7-10-13-16-19-22-24-26-28-30-32-33-34-35-36-38-39-41-43-45-48-51-54-57-60-63-69(72)75-66-67(65-74-68(71)62-59-56-53-50-47-21-18-15-12-9-6-3)76-70(73)64-61-58-55-52-49-46-44-42-40-37-31-29-27-25-23-20-17-14-11-8-5-2/h23,25,29,31,40,42,67H,4-22,24,26-28,30,32-39,41,43-66H2,1-3H3/b25-23-,31-29-,42-40-. The third-order valence-corrected chi connectivity index (χ3v) is 15.4. The Morgan fingerprint density at radius 1 is 0.263 bits per heavy atom. The van der Waals surface area contributed by atoms with E-state index in [0.29, 0.717) is 19.3 Å². The summed E-state index contributed by atoms with van der Waals surface area (Å²) in [5.41, 5.74) is 0. The van der Waals surface area contributed by atoms with Crippen molar-refractivity contribution in [3.63, 3.8) is 0 Å². The number of hydrogen-bond acceptors (Lipinski definition) is 6. The lowest BCUT2D eigenvalue weighted by Crippen LogP contribution is -2.30. The molecule has 0 heterocycles. The van der Waals surface area contributed by atoms with Crippen LogP contribution in [0.4, 0.5) is 0 Å². The third kappa shape index (κ3) is 62.5. The average molecular weight is 1070 g/mol. The van der Waals surface area contributed by atoms with Crippen molar-refractivity contribution in [3.8, 4) is 0 Å². The van der Waals surface area contributed by atoms with Crippen LogP contribution in [-0.2, 0) is 28.6 Å². The van der Waals surface area contributed by atoms with Crippen molar-refractivity contribution in [2.45, 2.75) is 380 Å². The minimum atomic E-state index is -0.776. The molecule has 1 unspecified atom stereocenters. The first-order valence-electron chi connectivity index (χ1n) is 34.0. The SMILES string of the molecule is CCCCCCC/C=C\C/C=C\C/C=C\CCCCCCCCC(=O)OC(COC(=O)CCCCCCCCCCCCC)COC(=O)CCCCCCCCCCCCCCCCCCCCCCCCCCCC. The van der Waals surface area contributed by atoms with Crippen LogP contribution >= 0.6 is 0 Å². The summed E-state index contributed by atoms with van der Waals surface area (Å²) in [6.45, 7) is 6.68. The Kier molecular flexibility index (Phi) is 63.1. The molecule has 76 heavy (non-hydrogen) atoms. The zero-order valence-electron chi connectivity index (χ0n) is 51.3. The van der Waals surface area contributed by atoms with Gasteiger partial charge >= 0.3 is 17.9 Å². The number of esters is 3. The number of carbonyl (C=O) groups excluding carboxylic acids is 3. The molecule has 0 aromatic heterocycles. The van der Waals surface area contributed by atoms with Gasteiger partial charge in [-0.3, -0.25) is 14.4 Å². The molecule has 0 aromatic rings. The Hall–Kier alpha value is -2.37. The lowest BCUT2D eigenvalue weighted by atomic mass is 10.0. The van der Waals surface area contributed by atoms with Gasteiger partial charge in [-0.2, -0.15) is 0 Å². The van der Waals surface area contributed by atoms with Crippen LogP contribution in [0.2, 0.25) is 0 Å². The van der Waals surface area contributed by atoms with E-state index in [1.54, 1.807) is 0 Å². The van der Waals surface area contributed by atoms with E-state index in [-0.39, 0.29) is 31.1 Å². The average Bonchev–Trinajstić information content (AvgIpc) is 3.42. The number of ether oxygens (including phenoxy) is 3. The molecule has 1 atom stereocenters. The monoisotopic (exact) mass is 1070 g/mol. The molecule has 0 aliphatic carbocycles. The number of carbonyl (C=O) groups is 3. The normalized spacial score (nSPS) is 12.2. The van der Waals surface area contributed by atoms with Gasteiger partial charge in [0.25, 0.3) is 0 Å². The first-order chi connectivity index (χ1) is 37.5. The van der Waals surface area contributed by atoms with Crippen molar-refractivity contribution in [1.82, 2.24) is 0 Å². The van der Waals surface area contributed by atoms with E-state index in [0.717, 1.165) is 77.0 Å². The van der Waals surface area contributed by atoms with Crippen molar-refractivity contribution in [3.05, 3.63) is 36.5 Å². The fourth-order valence-corrected chi connectivity index (χ4v) is 10.3. The molecule has 0 fully saturated rings. The molecule has 0 N–H and O–H groups in total. The van der Waals surface area contributed by atoms with E-state index in [1.165, 1.54) is 257 Å². The van der Waals surface area contributed by atoms with Gasteiger partial charge in [0.1, 0.15) is 13.2 Å². The Labute approximate surface area is 474 Å². The maximum atomic E-state index is 12.9. The van der Waals surface area contributed by atoms with Gasteiger partial charge < -0.3 is 14.2 Å². The van der Waals surface area contributed by atoms with E-state index in [4.69, 9.17) is 14.2 Å². The molecule has 0 aliphatic rings. The Morgan fingerprint density at radius 3 is 0.737 bits per heavy atom. The number of hydrogen-bond donors (Lipinski definition) is 0. The molecule has 0 saturated carbocycles. The highest BCUT2D eigenvalue weighted by Crippen LogP contribution is 2.18. The van der Waals surface area contributed by atoms with Crippen LogP contribution in [-0.4, -0.2) is 37.2 Å². The van der Waals surface area contributed by atoms with Crippen molar-refractivity contribution in [2.75, 3.05) is 13.2 Å². The second-order valence-electron chi connectivity index (χ2n) is 23.1. The second kappa shape index (κ2) is 65.2. The highest BCUT2D eigenvalue weighted by Gasteiger charge is 2.19. The summed E-state index contributed by atoms with van der Waals surface area (Å²) in [6.07, 6.45) is 80.3. The summed E-state index contributed by atoms with van der Waals surface area (Å²) < 4.78 is 16.9. The largest absolute Gasteiger partial charge is 0.462 e. The van der Waals surface area contributed by atoms with Crippen molar-refractivity contribution in [1.29, 1.82) is 0 Å². The van der Waals surface area contributed by atoms with Gasteiger partial charge in [-0.05, 0) is 57.8 Å². The number of rotatable bonds is 63. The van der Waals surface area contributed by atoms with E-state index in [9.17, 15) is 14.4 Å². The topological polar surface area (TPSA) is 78.9 Å². The van der Waals surface area contributed by atoms with Crippen LogP contribution < -0.4 is 0 Å². The molecular weight excluding hydrogens is 937 g/mol. The van der Waals surface area contributed by atoms with Gasteiger partial charge in [0.2, 0.25) is 0 Å². The molecule has 446 valence electrons. The molecule has 0 aliphatic heterocycles. The summed E-state index contributed by atoms with van der Waals surface area (Å²) in [6, 6.07) is 0. The Morgan fingerprint density at radius 2 is 0.474 bits per heavy atom. The van der Waals surface area contributed by atoms with Gasteiger partial charge in [-0.25, -0.2) is 0 Å². The van der Waals surface area contributed by atoms with Crippen molar-refractivity contribution in [2.24, 2.45) is 0 Å². The lowest BCUT2D eigenvalue weighted by Gasteiger charge is -2.18. The van der Waals surface area contributed by atoms with E-state index < -0.39 is 6.10 Å². The predicted molar refractivity (Wildman–Crippen MR) is 330 cm³/mol. The van der Waals surface area contributed by atoms with Crippen molar-refractivity contribution >= 4 is 17.9 Å². The molecule has 0 bridgehead atoms. The zero-order valence-corrected chi connectivity index (χ0v) is 51.3. The fourth-order valence-electron chi connectivity index (χ4n) is 10.3. The zero-order chi connectivity index (χ0) is 55.0. The molecule has 0 spiro atoms. The smallest absolute Gasteiger partial charge is 0.306 e. The van der Waals surface area contributed by atoms with Crippen LogP contribution in [0.3, 0.4) is 0 Å². The minimum absolute atomic E-state index is 0.0723. The minimum Gasteiger partial charge on any atom is -0.462 e. The number of allylic oxidation sites excluding steroid dienone is 6. The van der Waals surface area contributed by atoms with Crippen LogP contribution in [0.1, 0.15) is 374 Å². The fraction of sp³-hybridized carbons (Fsp3) is 0.871. The van der Waals surface area contributed by atoms with Gasteiger partial charge in [-0.1, -0.05) is 333 Å². The summed E-state index contributed by atoms with van der Waals surface area (Å²) in [4.78, 5) is 38.3. The summed E-state index contributed by atoms with van der Waals surface area (Å²) in [5.74, 6) is -0.860. The van der Waals surface area contributed by atoms with Crippen molar-refractivity contribution < 1.29 is 28.6 Å². The van der Waals surface area contributed by atoms with Gasteiger partial charge in [0.15, 0.2) is 6.10 Å². The summed E-state index contributed by atoms with van der Waals surface area (Å²) in [5, 5.41) is 0. The second-order valence-corrected chi connectivity index (χ2v) is 23.1. The summed E-state index contributed by atoms with van der Waals surface area (Å²) >= 11 is 0. The maximum Gasteiger partial charge on any atom is 0.306 e. The molecule has 0 saturated heterocycles. The first kappa shape index (κ1) is 73.6.